The number of carbonyl (C=O) groups is 1. The first-order chi connectivity index (χ1) is 13.2. The van der Waals surface area contributed by atoms with E-state index >= 15 is 0 Å². The summed E-state index contributed by atoms with van der Waals surface area (Å²) in [6.07, 6.45) is -5.31. The highest BCUT2D eigenvalue weighted by molar-refractivity contribution is 5.76. The van der Waals surface area contributed by atoms with Gasteiger partial charge < -0.3 is 19.9 Å². The van der Waals surface area contributed by atoms with Crippen LogP contribution in [0, 0.1) is 0 Å². The van der Waals surface area contributed by atoms with E-state index in [0.717, 1.165) is 17.7 Å². The van der Waals surface area contributed by atoms with Crippen LogP contribution in [0.4, 0.5) is 13.2 Å². The molecule has 1 atom stereocenters. The first kappa shape index (κ1) is 21.7. The van der Waals surface area contributed by atoms with Crippen LogP contribution in [0.3, 0.4) is 0 Å². The number of amides is 1. The van der Waals surface area contributed by atoms with Gasteiger partial charge in [-0.25, -0.2) is 0 Å². The maximum absolute atomic E-state index is 13.1. The van der Waals surface area contributed by atoms with Gasteiger partial charge in [0.15, 0.2) is 6.29 Å². The van der Waals surface area contributed by atoms with Gasteiger partial charge in [0, 0.05) is 32.6 Å². The lowest BCUT2D eigenvalue weighted by Gasteiger charge is -2.18. The molecule has 0 spiro atoms. The van der Waals surface area contributed by atoms with E-state index in [0.29, 0.717) is 22.4 Å². The van der Waals surface area contributed by atoms with Crippen LogP contribution in [0.15, 0.2) is 36.4 Å². The molecule has 0 aliphatic rings. The fourth-order valence-electron chi connectivity index (χ4n) is 2.78. The van der Waals surface area contributed by atoms with Crippen molar-refractivity contribution in [2.75, 3.05) is 14.2 Å². The van der Waals surface area contributed by atoms with Crippen molar-refractivity contribution in [3.05, 3.63) is 53.1 Å². The predicted molar refractivity (Wildman–Crippen MR) is 97.7 cm³/mol. The van der Waals surface area contributed by atoms with Gasteiger partial charge in [-0.3, -0.25) is 4.79 Å². The summed E-state index contributed by atoms with van der Waals surface area (Å²) in [4.78, 5) is 11.3. The molecule has 0 bridgehead atoms. The minimum absolute atomic E-state index is 0.0668. The van der Waals surface area contributed by atoms with Gasteiger partial charge in [-0.05, 0) is 41.0 Å². The molecule has 0 radical (unpaired) electrons. The third-order valence-electron chi connectivity index (χ3n) is 4.20. The number of aliphatic hydroxyl groups excluding tert-OH is 1. The number of methoxy groups -OCH3 is 2. The minimum atomic E-state index is -4.50. The monoisotopic (exact) mass is 397 g/mol. The van der Waals surface area contributed by atoms with Crippen LogP contribution < -0.4 is 10.1 Å². The molecule has 152 valence electrons. The molecular weight excluding hydrogens is 375 g/mol. The lowest BCUT2D eigenvalue weighted by Crippen LogP contribution is -2.20. The van der Waals surface area contributed by atoms with Gasteiger partial charge in [0.1, 0.15) is 5.75 Å². The van der Waals surface area contributed by atoms with Gasteiger partial charge in [-0.1, -0.05) is 12.1 Å². The van der Waals surface area contributed by atoms with Crippen molar-refractivity contribution >= 4 is 5.91 Å². The number of ether oxygens (including phenoxy) is 2. The van der Waals surface area contributed by atoms with Gasteiger partial charge in [0.25, 0.3) is 0 Å². The zero-order valence-electron chi connectivity index (χ0n) is 15.8. The van der Waals surface area contributed by atoms with E-state index in [1.54, 1.807) is 18.2 Å². The van der Waals surface area contributed by atoms with E-state index in [2.05, 4.69) is 5.32 Å². The molecule has 2 N–H and O–H groups in total. The van der Waals surface area contributed by atoms with E-state index in [-0.39, 0.29) is 18.9 Å². The molecule has 0 heterocycles. The third kappa shape index (κ3) is 5.46. The number of hydrogen-bond donors (Lipinski definition) is 2. The number of alkyl halides is 3. The summed E-state index contributed by atoms with van der Waals surface area (Å²) in [5.74, 6) is 0.104. The summed E-state index contributed by atoms with van der Waals surface area (Å²) >= 11 is 0. The second-order valence-corrected chi connectivity index (χ2v) is 6.21. The van der Waals surface area contributed by atoms with Crippen molar-refractivity contribution in [3.8, 4) is 16.9 Å². The molecule has 0 fully saturated rings. The number of benzene rings is 2. The van der Waals surface area contributed by atoms with Crippen LogP contribution in [-0.2, 0) is 28.7 Å². The first-order valence-corrected chi connectivity index (χ1v) is 8.48. The van der Waals surface area contributed by atoms with Gasteiger partial charge in [-0.2, -0.15) is 13.2 Å². The highest BCUT2D eigenvalue weighted by Gasteiger charge is 2.31. The predicted octanol–water partition coefficient (Wildman–Crippen LogP) is 3.52. The number of carbonyl (C=O) groups excluding carboxylic acids is 1. The summed E-state index contributed by atoms with van der Waals surface area (Å²) in [6.45, 7) is 1.23. The third-order valence-corrected chi connectivity index (χ3v) is 4.20. The van der Waals surface area contributed by atoms with E-state index < -0.39 is 18.0 Å². The van der Waals surface area contributed by atoms with Crippen LogP contribution in [0.1, 0.15) is 23.6 Å². The smallest absolute Gasteiger partial charge is 0.416 e. The minimum Gasteiger partial charge on any atom is -0.496 e. The average Bonchev–Trinajstić information content (AvgIpc) is 2.65. The number of aliphatic hydroxyl groups is 1. The average molecular weight is 397 g/mol. The molecule has 2 aromatic carbocycles. The Morgan fingerprint density at radius 1 is 1.14 bits per heavy atom. The van der Waals surface area contributed by atoms with Gasteiger partial charge in [0.2, 0.25) is 5.91 Å². The molecule has 1 unspecified atom stereocenters. The van der Waals surface area contributed by atoms with Crippen LogP contribution in [0.5, 0.6) is 5.75 Å². The molecule has 28 heavy (non-hydrogen) atoms. The lowest BCUT2D eigenvalue weighted by molar-refractivity contribution is -0.137. The van der Waals surface area contributed by atoms with Crippen LogP contribution in [-0.4, -0.2) is 31.5 Å². The van der Waals surface area contributed by atoms with Gasteiger partial charge in [0.05, 0.1) is 12.7 Å². The number of nitrogens with one attached hydrogen (secondary N) is 1. The quantitative estimate of drug-likeness (QED) is 0.702. The highest BCUT2D eigenvalue weighted by atomic mass is 19.4. The Hall–Kier alpha value is -2.58. The molecule has 1 amide bonds. The van der Waals surface area contributed by atoms with Gasteiger partial charge >= 0.3 is 6.18 Å². The zero-order chi connectivity index (χ0) is 20.9. The maximum atomic E-state index is 13.1. The van der Waals surface area contributed by atoms with Crippen molar-refractivity contribution < 1.29 is 32.5 Å². The summed E-state index contributed by atoms with van der Waals surface area (Å²) in [6, 6.07) is 8.49. The van der Waals surface area contributed by atoms with Crippen molar-refractivity contribution in [3.63, 3.8) is 0 Å². The molecular formula is C20H22F3NO4. The first-order valence-electron chi connectivity index (χ1n) is 8.48. The standard InChI is InChI=1S/C20H22F3NO4/c1-12(25)24-11-14-10-15(20(21,22)23)5-6-16(14)17-8-13(9-19(26)28-3)4-7-18(17)27-2/h4-8,10,19,26H,9,11H2,1-3H3,(H,24,25). The molecule has 0 aliphatic heterocycles. The SMILES string of the molecule is COc1ccc(CC(O)OC)cc1-c1ccc(C(F)(F)F)cc1CNC(C)=O. The largest absolute Gasteiger partial charge is 0.496 e. The molecule has 0 saturated carbocycles. The second kappa shape index (κ2) is 9.07. The fourth-order valence-corrected chi connectivity index (χ4v) is 2.78. The topological polar surface area (TPSA) is 67.8 Å². The van der Waals surface area contributed by atoms with Gasteiger partial charge in [-0.15, -0.1) is 0 Å². The fraction of sp³-hybridized carbons (Fsp3) is 0.350. The molecule has 8 heteroatoms. The Morgan fingerprint density at radius 3 is 2.43 bits per heavy atom. The summed E-state index contributed by atoms with van der Waals surface area (Å²) in [7, 11) is 2.83. The van der Waals surface area contributed by atoms with Crippen molar-refractivity contribution in [2.24, 2.45) is 0 Å². The Kier molecular flexibility index (Phi) is 7.04. The Labute approximate surface area is 161 Å². The lowest BCUT2D eigenvalue weighted by atomic mass is 9.94. The molecule has 0 aliphatic carbocycles. The Balaban J connectivity index is 2.57. The van der Waals surface area contributed by atoms with Crippen LogP contribution in [0.25, 0.3) is 11.1 Å². The van der Waals surface area contributed by atoms with Crippen molar-refractivity contribution in [1.29, 1.82) is 0 Å². The Bertz CT molecular complexity index is 837. The van der Waals surface area contributed by atoms with E-state index in [1.165, 1.54) is 27.2 Å². The normalized spacial score (nSPS) is 12.5. The molecule has 0 aromatic heterocycles. The van der Waals surface area contributed by atoms with E-state index in [4.69, 9.17) is 9.47 Å². The van der Waals surface area contributed by atoms with E-state index in [9.17, 15) is 23.1 Å². The van der Waals surface area contributed by atoms with Crippen molar-refractivity contribution in [2.45, 2.75) is 32.4 Å². The summed E-state index contributed by atoms with van der Waals surface area (Å²) < 4.78 is 49.6. The number of rotatable bonds is 7. The summed E-state index contributed by atoms with van der Waals surface area (Å²) in [5, 5.41) is 12.2. The molecule has 2 rings (SSSR count). The number of halogens is 3. The molecule has 2 aromatic rings. The van der Waals surface area contributed by atoms with Crippen molar-refractivity contribution in [1.82, 2.24) is 5.32 Å². The van der Waals surface area contributed by atoms with Crippen LogP contribution >= 0.6 is 0 Å². The van der Waals surface area contributed by atoms with E-state index in [1.807, 2.05) is 0 Å². The maximum Gasteiger partial charge on any atom is 0.416 e. The summed E-state index contributed by atoms with van der Waals surface area (Å²) in [5.41, 5.74) is 1.26. The van der Waals surface area contributed by atoms with Crippen LogP contribution in [0.2, 0.25) is 0 Å². The number of hydrogen-bond acceptors (Lipinski definition) is 4. The highest BCUT2D eigenvalue weighted by Crippen LogP contribution is 2.37. The zero-order valence-corrected chi connectivity index (χ0v) is 15.8. The molecule has 5 nitrogen and oxygen atoms in total. The Morgan fingerprint density at radius 2 is 1.86 bits per heavy atom. The second-order valence-electron chi connectivity index (χ2n) is 6.21. The molecule has 0 saturated heterocycles.